The molecule has 3 heterocycles. The maximum absolute atomic E-state index is 5.21. The number of nitrogens with zero attached hydrogens (tertiary/aromatic N) is 3. The number of rotatable bonds is 3. The highest BCUT2D eigenvalue weighted by molar-refractivity contribution is 4.94. The SMILES string of the molecule is Cc1noc(CN2CCCC2C2CCCN2)n1. The van der Waals surface area contributed by atoms with Crippen molar-refractivity contribution in [3.8, 4) is 0 Å². The van der Waals surface area contributed by atoms with Crippen LogP contribution >= 0.6 is 0 Å². The molecule has 5 nitrogen and oxygen atoms in total. The van der Waals surface area contributed by atoms with Crippen LogP contribution in [0.15, 0.2) is 4.52 Å². The Balaban J connectivity index is 1.65. The van der Waals surface area contributed by atoms with Crippen LogP contribution in [0, 0.1) is 6.92 Å². The first-order valence-electron chi connectivity index (χ1n) is 6.59. The Morgan fingerprint density at radius 2 is 2.35 bits per heavy atom. The summed E-state index contributed by atoms with van der Waals surface area (Å²) in [5.74, 6) is 1.49. The van der Waals surface area contributed by atoms with Gasteiger partial charge < -0.3 is 9.84 Å². The lowest BCUT2D eigenvalue weighted by molar-refractivity contribution is 0.182. The summed E-state index contributed by atoms with van der Waals surface area (Å²) in [4.78, 5) is 6.79. The average molecular weight is 236 g/mol. The molecule has 5 heteroatoms. The lowest BCUT2D eigenvalue weighted by atomic mass is 10.0. The lowest BCUT2D eigenvalue weighted by Gasteiger charge is -2.28. The first-order valence-corrected chi connectivity index (χ1v) is 6.59. The van der Waals surface area contributed by atoms with Crippen LogP contribution in [0.25, 0.3) is 0 Å². The molecular weight excluding hydrogens is 216 g/mol. The van der Waals surface area contributed by atoms with Crippen molar-refractivity contribution in [2.24, 2.45) is 0 Å². The zero-order valence-electron chi connectivity index (χ0n) is 10.4. The molecule has 0 spiro atoms. The zero-order chi connectivity index (χ0) is 11.7. The van der Waals surface area contributed by atoms with E-state index < -0.39 is 0 Å². The third-order valence-corrected chi connectivity index (χ3v) is 3.89. The number of likely N-dealkylation sites (tertiary alicyclic amines) is 1. The van der Waals surface area contributed by atoms with Gasteiger partial charge in [0, 0.05) is 12.1 Å². The van der Waals surface area contributed by atoms with Gasteiger partial charge in [-0.15, -0.1) is 0 Å². The molecule has 0 radical (unpaired) electrons. The van der Waals surface area contributed by atoms with Gasteiger partial charge in [-0.2, -0.15) is 4.98 Å². The molecule has 0 bridgehead atoms. The molecule has 17 heavy (non-hydrogen) atoms. The first-order chi connectivity index (χ1) is 8.33. The second-order valence-electron chi connectivity index (χ2n) is 5.12. The normalized spacial score (nSPS) is 30.2. The van der Waals surface area contributed by atoms with Crippen LogP contribution < -0.4 is 5.32 Å². The van der Waals surface area contributed by atoms with Gasteiger partial charge in [0.1, 0.15) is 0 Å². The van der Waals surface area contributed by atoms with Gasteiger partial charge in [0.15, 0.2) is 5.82 Å². The molecule has 2 unspecified atom stereocenters. The second-order valence-corrected chi connectivity index (χ2v) is 5.12. The Bertz CT molecular complexity index is 372. The van der Waals surface area contributed by atoms with E-state index in [9.17, 15) is 0 Å². The standard InChI is InChI=1S/C12H20N4O/c1-9-14-12(17-15-9)8-16-7-3-5-11(16)10-4-2-6-13-10/h10-11,13H,2-8H2,1H3. The van der Waals surface area contributed by atoms with E-state index in [0.717, 1.165) is 24.8 Å². The molecule has 0 saturated carbocycles. The topological polar surface area (TPSA) is 54.2 Å². The summed E-state index contributed by atoms with van der Waals surface area (Å²) in [6, 6.07) is 1.33. The Labute approximate surface area is 102 Å². The number of hydrogen-bond donors (Lipinski definition) is 1. The molecule has 1 N–H and O–H groups in total. The summed E-state index contributed by atoms with van der Waals surface area (Å²) in [7, 11) is 0. The highest BCUT2D eigenvalue weighted by Crippen LogP contribution is 2.25. The monoisotopic (exact) mass is 236 g/mol. The second kappa shape index (κ2) is 4.74. The van der Waals surface area contributed by atoms with Gasteiger partial charge in [-0.25, -0.2) is 0 Å². The minimum atomic E-state index is 0.657. The van der Waals surface area contributed by atoms with Crippen molar-refractivity contribution in [2.75, 3.05) is 13.1 Å². The largest absolute Gasteiger partial charge is 0.338 e. The third-order valence-electron chi connectivity index (χ3n) is 3.89. The molecule has 2 aliphatic rings. The highest BCUT2D eigenvalue weighted by Gasteiger charge is 2.33. The predicted octanol–water partition coefficient (Wildman–Crippen LogP) is 1.09. The molecule has 0 amide bonds. The van der Waals surface area contributed by atoms with Crippen molar-refractivity contribution in [1.82, 2.24) is 20.4 Å². The van der Waals surface area contributed by atoms with E-state index in [1.165, 1.54) is 32.2 Å². The molecule has 2 fully saturated rings. The Kier molecular flexibility index (Phi) is 3.11. The van der Waals surface area contributed by atoms with E-state index in [-0.39, 0.29) is 0 Å². The van der Waals surface area contributed by atoms with E-state index in [0.29, 0.717) is 12.1 Å². The quantitative estimate of drug-likeness (QED) is 0.851. The van der Waals surface area contributed by atoms with Gasteiger partial charge in [-0.3, -0.25) is 4.90 Å². The number of aryl methyl sites for hydroxylation is 1. The minimum absolute atomic E-state index is 0.657. The van der Waals surface area contributed by atoms with Crippen molar-refractivity contribution in [1.29, 1.82) is 0 Å². The van der Waals surface area contributed by atoms with Crippen molar-refractivity contribution < 1.29 is 4.52 Å². The van der Waals surface area contributed by atoms with Crippen LogP contribution in [-0.2, 0) is 6.54 Å². The molecule has 0 aliphatic carbocycles. The van der Waals surface area contributed by atoms with Crippen molar-refractivity contribution in [2.45, 2.75) is 51.2 Å². The summed E-state index contributed by atoms with van der Waals surface area (Å²) in [6.07, 6.45) is 5.21. The number of hydrogen-bond acceptors (Lipinski definition) is 5. The highest BCUT2D eigenvalue weighted by atomic mass is 16.5. The van der Waals surface area contributed by atoms with Gasteiger partial charge in [0.25, 0.3) is 0 Å². The zero-order valence-corrected chi connectivity index (χ0v) is 10.4. The lowest BCUT2D eigenvalue weighted by Crippen LogP contribution is -2.43. The Morgan fingerprint density at radius 3 is 3.06 bits per heavy atom. The third kappa shape index (κ3) is 2.35. The van der Waals surface area contributed by atoms with Crippen LogP contribution in [0.2, 0.25) is 0 Å². The van der Waals surface area contributed by atoms with Crippen LogP contribution in [-0.4, -0.2) is 40.2 Å². The molecular formula is C12H20N4O. The number of nitrogens with one attached hydrogen (secondary N) is 1. The smallest absolute Gasteiger partial charge is 0.240 e. The number of aromatic nitrogens is 2. The molecule has 2 aliphatic heterocycles. The molecule has 0 aromatic carbocycles. The van der Waals surface area contributed by atoms with E-state index in [2.05, 4.69) is 20.4 Å². The summed E-state index contributed by atoms with van der Waals surface area (Å²) < 4.78 is 5.21. The fourth-order valence-electron chi connectivity index (χ4n) is 3.12. The summed E-state index contributed by atoms with van der Waals surface area (Å²) in [6.45, 7) is 5.01. The van der Waals surface area contributed by atoms with Crippen LogP contribution in [0.1, 0.15) is 37.4 Å². The molecule has 1 aromatic heterocycles. The van der Waals surface area contributed by atoms with Gasteiger partial charge in [-0.1, -0.05) is 5.16 Å². The molecule has 1 aromatic rings. The van der Waals surface area contributed by atoms with Crippen molar-refractivity contribution in [3.63, 3.8) is 0 Å². The minimum Gasteiger partial charge on any atom is -0.338 e. The van der Waals surface area contributed by atoms with Crippen LogP contribution in [0.4, 0.5) is 0 Å². The fraction of sp³-hybridized carbons (Fsp3) is 0.833. The maximum Gasteiger partial charge on any atom is 0.240 e. The summed E-state index contributed by atoms with van der Waals surface area (Å²) in [5.41, 5.74) is 0. The van der Waals surface area contributed by atoms with Gasteiger partial charge in [0.2, 0.25) is 5.89 Å². The van der Waals surface area contributed by atoms with E-state index in [1.807, 2.05) is 6.92 Å². The van der Waals surface area contributed by atoms with Crippen LogP contribution in [0.3, 0.4) is 0 Å². The molecule has 3 rings (SSSR count). The van der Waals surface area contributed by atoms with Gasteiger partial charge in [-0.05, 0) is 45.7 Å². The molecule has 94 valence electrons. The average Bonchev–Trinajstić information content (AvgIpc) is 3.00. The Morgan fingerprint density at radius 1 is 1.41 bits per heavy atom. The summed E-state index contributed by atoms with van der Waals surface area (Å²) >= 11 is 0. The Hall–Kier alpha value is -0.940. The van der Waals surface area contributed by atoms with E-state index >= 15 is 0 Å². The fourth-order valence-corrected chi connectivity index (χ4v) is 3.12. The first kappa shape index (κ1) is 11.2. The van der Waals surface area contributed by atoms with Gasteiger partial charge >= 0.3 is 0 Å². The summed E-state index contributed by atoms with van der Waals surface area (Å²) in [5, 5.41) is 7.46. The predicted molar refractivity (Wildman–Crippen MR) is 63.5 cm³/mol. The van der Waals surface area contributed by atoms with Crippen LogP contribution in [0.5, 0.6) is 0 Å². The van der Waals surface area contributed by atoms with Crippen molar-refractivity contribution in [3.05, 3.63) is 11.7 Å². The maximum atomic E-state index is 5.21. The van der Waals surface area contributed by atoms with E-state index in [4.69, 9.17) is 4.52 Å². The van der Waals surface area contributed by atoms with Gasteiger partial charge in [0.05, 0.1) is 6.54 Å². The molecule has 2 saturated heterocycles. The molecule has 2 atom stereocenters. The van der Waals surface area contributed by atoms with Crippen molar-refractivity contribution >= 4 is 0 Å². The van der Waals surface area contributed by atoms with E-state index in [1.54, 1.807) is 0 Å².